The number of halogens is 4. The van der Waals surface area contributed by atoms with E-state index in [0.29, 0.717) is 26.5 Å². The van der Waals surface area contributed by atoms with E-state index in [4.69, 9.17) is 63.4 Å². The van der Waals surface area contributed by atoms with Crippen LogP contribution in [0.1, 0.15) is 22.7 Å². The van der Waals surface area contributed by atoms with Crippen molar-refractivity contribution in [3.63, 3.8) is 0 Å². The Morgan fingerprint density at radius 3 is 2.44 bits per heavy atom. The molecule has 2 atom stereocenters. The lowest BCUT2D eigenvalue weighted by molar-refractivity contribution is 0.164. The standard InChI is InChI=1S/C19H14Cl4N2OS/c20-14-4-2-13(3-5-14)18(19(23)25-8-7-24-11-25)26-17(27)10-12-1-6-15(21)16(22)9-12/h1-9,11,18-19H,10H2. The molecule has 0 fully saturated rings. The summed E-state index contributed by atoms with van der Waals surface area (Å²) in [6.07, 6.45) is 4.94. The minimum absolute atomic E-state index is 0.388. The van der Waals surface area contributed by atoms with Gasteiger partial charge < -0.3 is 9.30 Å². The Hall–Kier alpha value is -1.30. The average Bonchev–Trinajstić information content (AvgIpc) is 3.18. The van der Waals surface area contributed by atoms with Crippen LogP contribution in [-0.4, -0.2) is 14.6 Å². The lowest BCUT2D eigenvalue weighted by Crippen LogP contribution is -2.19. The Kier molecular flexibility index (Phi) is 7.01. The molecule has 0 radical (unpaired) electrons. The minimum Gasteiger partial charge on any atom is -0.475 e. The van der Waals surface area contributed by atoms with E-state index in [-0.39, 0.29) is 0 Å². The summed E-state index contributed by atoms with van der Waals surface area (Å²) >= 11 is 30.1. The van der Waals surface area contributed by atoms with Crippen LogP contribution in [0.3, 0.4) is 0 Å². The SMILES string of the molecule is S=C(Cc1ccc(Cl)c(Cl)c1)OC(c1ccc(Cl)cc1)C(Cl)n1ccnc1. The van der Waals surface area contributed by atoms with Crippen molar-refractivity contribution in [2.45, 2.75) is 18.0 Å². The van der Waals surface area contributed by atoms with Gasteiger partial charge in [0.15, 0.2) is 11.2 Å². The Balaban J connectivity index is 1.80. The molecule has 0 N–H and O–H groups in total. The fourth-order valence-corrected chi connectivity index (χ4v) is 3.54. The van der Waals surface area contributed by atoms with Crippen LogP contribution < -0.4 is 0 Å². The number of imidazole rings is 1. The molecule has 0 spiro atoms. The number of benzene rings is 2. The van der Waals surface area contributed by atoms with Gasteiger partial charge in [0.2, 0.25) is 0 Å². The van der Waals surface area contributed by atoms with Gasteiger partial charge in [-0.3, -0.25) is 0 Å². The van der Waals surface area contributed by atoms with Crippen molar-refractivity contribution in [1.82, 2.24) is 9.55 Å². The molecule has 27 heavy (non-hydrogen) atoms. The van der Waals surface area contributed by atoms with Crippen molar-refractivity contribution >= 4 is 63.7 Å². The highest BCUT2D eigenvalue weighted by molar-refractivity contribution is 7.80. The van der Waals surface area contributed by atoms with Crippen LogP contribution in [0.25, 0.3) is 0 Å². The molecule has 0 aliphatic carbocycles. The minimum atomic E-state index is -0.541. The van der Waals surface area contributed by atoms with E-state index in [1.54, 1.807) is 47.6 Å². The van der Waals surface area contributed by atoms with Gasteiger partial charge in [0, 0.05) is 23.8 Å². The smallest absolute Gasteiger partial charge is 0.165 e. The van der Waals surface area contributed by atoms with Crippen LogP contribution in [0.5, 0.6) is 0 Å². The molecule has 3 nitrogen and oxygen atoms in total. The zero-order chi connectivity index (χ0) is 19.4. The molecule has 2 aromatic carbocycles. The van der Waals surface area contributed by atoms with Crippen molar-refractivity contribution in [1.29, 1.82) is 0 Å². The lowest BCUT2D eigenvalue weighted by Gasteiger charge is -2.25. The van der Waals surface area contributed by atoms with Gasteiger partial charge in [0.25, 0.3) is 0 Å². The summed E-state index contributed by atoms with van der Waals surface area (Å²) in [6, 6.07) is 12.6. The van der Waals surface area contributed by atoms with Crippen molar-refractivity contribution in [3.05, 3.63) is 87.4 Å². The number of ether oxygens (including phenoxy) is 1. The maximum atomic E-state index is 6.65. The topological polar surface area (TPSA) is 27.1 Å². The lowest BCUT2D eigenvalue weighted by atomic mass is 10.1. The molecule has 3 rings (SSSR count). The number of thiocarbonyl (C=S) groups is 1. The first-order valence-corrected chi connectivity index (χ1v) is 9.92. The second kappa shape index (κ2) is 9.26. The third-order valence-corrected chi connectivity index (χ3v) is 5.53. The molecular weight excluding hydrogens is 446 g/mol. The van der Waals surface area contributed by atoms with Crippen LogP contribution in [0.2, 0.25) is 15.1 Å². The fourth-order valence-electron chi connectivity index (χ4n) is 2.51. The highest BCUT2D eigenvalue weighted by atomic mass is 35.5. The summed E-state index contributed by atoms with van der Waals surface area (Å²) in [5, 5.41) is 1.98. The van der Waals surface area contributed by atoms with Crippen LogP contribution >= 0.6 is 58.6 Å². The van der Waals surface area contributed by atoms with Crippen LogP contribution in [0.15, 0.2) is 61.2 Å². The first-order valence-electron chi connectivity index (χ1n) is 7.94. The Labute approximate surface area is 182 Å². The maximum absolute atomic E-state index is 6.65. The van der Waals surface area contributed by atoms with Gasteiger partial charge in [0.05, 0.1) is 16.4 Å². The summed E-state index contributed by atoms with van der Waals surface area (Å²) in [4.78, 5) is 4.04. The first-order chi connectivity index (χ1) is 12.9. The van der Waals surface area contributed by atoms with E-state index in [2.05, 4.69) is 4.98 Å². The molecule has 0 saturated carbocycles. The van der Waals surface area contributed by atoms with E-state index in [1.165, 1.54) is 0 Å². The highest BCUT2D eigenvalue weighted by Gasteiger charge is 2.25. The number of alkyl halides is 1. The second-order valence-corrected chi connectivity index (χ2v) is 7.92. The van der Waals surface area contributed by atoms with Gasteiger partial charge in [-0.25, -0.2) is 4.98 Å². The molecule has 0 aliphatic rings. The van der Waals surface area contributed by atoms with Gasteiger partial charge in [0.1, 0.15) is 5.50 Å². The molecular formula is C19H14Cl4N2OS. The van der Waals surface area contributed by atoms with Gasteiger partial charge in [-0.2, -0.15) is 0 Å². The normalized spacial score (nSPS) is 13.2. The molecule has 0 saturated heterocycles. The predicted octanol–water partition coefficient (Wildman–Crippen LogP) is 6.91. The Morgan fingerprint density at radius 2 is 1.81 bits per heavy atom. The summed E-state index contributed by atoms with van der Waals surface area (Å²) < 4.78 is 7.82. The molecule has 1 aromatic heterocycles. The molecule has 140 valence electrons. The van der Waals surface area contributed by atoms with Crippen molar-refractivity contribution in [2.75, 3.05) is 0 Å². The number of nitrogens with zero attached hydrogens (tertiary/aromatic N) is 2. The highest BCUT2D eigenvalue weighted by Crippen LogP contribution is 2.34. The van der Waals surface area contributed by atoms with Gasteiger partial charge in [-0.05, 0) is 47.6 Å². The second-order valence-electron chi connectivity index (χ2n) is 5.77. The summed E-state index contributed by atoms with van der Waals surface area (Å²) in [5.74, 6) is 0. The molecule has 2 unspecified atom stereocenters. The summed E-state index contributed by atoms with van der Waals surface area (Å²) in [6.45, 7) is 0. The summed E-state index contributed by atoms with van der Waals surface area (Å²) in [5.41, 5.74) is 1.21. The van der Waals surface area contributed by atoms with Crippen molar-refractivity contribution < 1.29 is 4.74 Å². The van der Waals surface area contributed by atoms with E-state index >= 15 is 0 Å². The van der Waals surface area contributed by atoms with Gasteiger partial charge >= 0.3 is 0 Å². The number of hydrogen-bond donors (Lipinski definition) is 0. The van der Waals surface area contributed by atoms with Gasteiger partial charge in [-0.1, -0.05) is 64.6 Å². The van der Waals surface area contributed by atoms with Crippen LogP contribution in [0.4, 0.5) is 0 Å². The fraction of sp³-hybridized carbons (Fsp3) is 0.158. The van der Waals surface area contributed by atoms with E-state index in [1.807, 2.05) is 18.2 Å². The van der Waals surface area contributed by atoms with Crippen LogP contribution in [-0.2, 0) is 11.2 Å². The van der Waals surface area contributed by atoms with Gasteiger partial charge in [-0.15, -0.1) is 0 Å². The molecule has 0 amide bonds. The average molecular weight is 460 g/mol. The molecule has 0 aliphatic heterocycles. The zero-order valence-electron chi connectivity index (χ0n) is 13.9. The zero-order valence-corrected chi connectivity index (χ0v) is 17.7. The van der Waals surface area contributed by atoms with E-state index < -0.39 is 11.6 Å². The molecule has 8 heteroatoms. The van der Waals surface area contributed by atoms with E-state index in [0.717, 1.165) is 11.1 Å². The number of hydrogen-bond acceptors (Lipinski definition) is 3. The number of aromatic nitrogens is 2. The third-order valence-electron chi connectivity index (χ3n) is 3.85. The maximum Gasteiger partial charge on any atom is 0.165 e. The first kappa shape index (κ1) is 20.4. The third kappa shape index (κ3) is 5.37. The van der Waals surface area contributed by atoms with Crippen molar-refractivity contribution in [2.24, 2.45) is 0 Å². The van der Waals surface area contributed by atoms with Crippen molar-refractivity contribution in [3.8, 4) is 0 Å². The predicted molar refractivity (Wildman–Crippen MR) is 115 cm³/mol. The summed E-state index contributed by atoms with van der Waals surface area (Å²) in [7, 11) is 0. The largest absolute Gasteiger partial charge is 0.475 e. The number of rotatable bonds is 6. The Bertz CT molecular complexity index is 916. The molecule has 3 aromatic rings. The van der Waals surface area contributed by atoms with E-state index in [9.17, 15) is 0 Å². The quantitative estimate of drug-likeness (QED) is 0.296. The Morgan fingerprint density at radius 1 is 1.07 bits per heavy atom. The molecule has 1 heterocycles. The van der Waals surface area contributed by atoms with Crippen LogP contribution in [0, 0.1) is 0 Å². The molecule has 0 bridgehead atoms. The monoisotopic (exact) mass is 458 g/mol.